The number of sulfonamides is 1. The van der Waals surface area contributed by atoms with Gasteiger partial charge in [0.25, 0.3) is 0 Å². The molecule has 11 heteroatoms. The molecule has 108 valence electrons. The van der Waals surface area contributed by atoms with Crippen molar-refractivity contribution in [3.8, 4) is 0 Å². The summed E-state index contributed by atoms with van der Waals surface area (Å²) in [5, 5.41) is 2.44. The van der Waals surface area contributed by atoms with Crippen LogP contribution in [0, 0.1) is 0 Å². The van der Waals surface area contributed by atoms with Gasteiger partial charge in [0.15, 0.2) is 0 Å². The molecule has 0 radical (unpaired) electrons. The second-order valence-electron chi connectivity index (χ2n) is 3.45. The van der Waals surface area contributed by atoms with Crippen LogP contribution in [-0.2, 0) is 16.2 Å². The third-order valence-corrected chi connectivity index (χ3v) is 3.35. The summed E-state index contributed by atoms with van der Waals surface area (Å²) in [6.07, 6.45) is -4.72. The van der Waals surface area contributed by atoms with E-state index in [4.69, 9.17) is 5.73 Å². The van der Waals surface area contributed by atoms with Crippen molar-refractivity contribution in [2.45, 2.75) is 6.18 Å². The van der Waals surface area contributed by atoms with E-state index in [1.165, 1.54) is 7.05 Å². The Kier molecular flexibility index (Phi) is 4.52. The molecule has 0 amide bonds. The summed E-state index contributed by atoms with van der Waals surface area (Å²) in [4.78, 5) is 6.26. The summed E-state index contributed by atoms with van der Waals surface area (Å²) < 4.78 is 61.5. The van der Waals surface area contributed by atoms with Gasteiger partial charge < -0.3 is 11.1 Å². The Labute approximate surface area is 107 Å². The van der Waals surface area contributed by atoms with Crippen LogP contribution in [0.15, 0.2) is 6.07 Å². The number of aromatic nitrogens is 2. The van der Waals surface area contributed by atoms with Gasteiger partial charge in [-0.2, -0.15) is 13.2 Å². The van der Waals surface area contributed by atoms with Crippen LogP contribution in [-0.4, -0.2) is 37.7 Å². The molecule has 0 saturated heterocycles. The zero-order valence-electron chi connectivity index (χ0n) is 9.82. The van der Waals surface area contributed by atoms with Crippen molar-refractivity contribution in [1.29, 1.82) is 0 Å². The number of nitrogen functional groups attached to an aromatic ring is 1. The minimum Gasteiger partial charge on any atom is -0.384 e. The van der Waals surface area contributed by atoms with Crippen molar-refractivity contribution in [1.82, 2.24) is 14.7 Å². The van der Waals surface area contributed by atoms with Gasteiger partial charge in [-0.15, -0.1) is 0 Å². The zero-order valence-corrected chi connectivity index (χ0v) is 10.6. The lowest BCUT2D eigenvalue weighted by atomic mass is 10.4. The molecule has 0 bridgehead atoms. The Morgan fingerprint density at radius 1 is 1.37 bits per heavy atom. The minimum absolute atomic E-state index is 0.114. The summed E-state index contributed by atoms with van der Waals surface area (Å²) in [5.41, 5.74) is 5.22. The molecule has 0 saturated carbocycles. The molecule has 0 atom stereocenters. The largest absolute Gasteiger partial charge is 0.451 e. The second-order valence-corrected chi connectivity index (χ2v) is 5.50. The Bertz CT molecular complexity index is 546. The highest BCUT2D eigenvalue weighted by atomic mass is 32.2. The lowest BCUT2D eigenvalue weighted by Gasteiger charge is -2.10. The van der Waals surface area contributed by atoms with Gasteiger partial charge in [0, 0.05) is 12.6 Å². The SMILES string of the molecule is CNS(=O)(=O)CCNc1cc(N)nc(C(F)(F)F)n1. The van der Waals surface area contributed by atoms with Crippen LogP contribution in [0.2, 0.25) is 0 Å². The van der Waals surface area contributed by atoms with E-state index in [1.54, 1.807) is 0 Å². The van der Waals surface area contributed by atoms with Crippen molar-refractivity contribution in [2.75, 3.05) is 30.4 Å². The summed E-state index contributed by atoms with van der Waals surface area (Å²) >= 11 is 0. The van der Waals surface area contributed by atoms with E-state index in [0.717, 1.165) is 6.07 Å². The van der Waals surface area contributed by atoms with Gasteiger partial charge in [-0.1, -0.05) is 0 Å². The number of nitrogens with two attached hydrogens (primary N) is 1. The van der Waals surface area contributed by atoms with Gasteiger partial charge in [0.1, 0.15) is 11.6 Å². The van der Waals surface area contributed by atoms with Gasteiger partial charge in [0.2, 0.25) is 15.8 Å². The first-order valence-corrected chi connectivity index (χ1v) is 6.66. The van der Waals surface area contributed by atoms with Crippen LogP contribution < -0.4 is 15.8 Å². The molecule has 0 fully saturated rings. The second kappa shape index (κ2) is 5.57. The number of anilines is 2. The first-order valence-electron chi connectivity index (χ1n) is 5.01. The molecular formula is C8H12F3N5O2S. The molecule has 7 nitrogen and oxygen atoms in total. The number of hydrogen-bond acceptors (Lipinski definition) is 6. The van der Waals surface area contributed by atoms with Crippen LogP contribution in [0.3, 0.4) is 0 Å². The summed E-state index contributed by atoms with van der Waals surface area (Å²) in [5.74, 6) is -2.24. The fourth-order valence-electron chi connectivity index (χ4n) is 1.10. The molecule has 0 unspecified atom stereocenters. The fraction of sp³-hybridized carbons (Fsp3) is 0.500. The quantitative estimate of drug-likeness (QED) is 0.708. The summed E-state index contributed by atoms with van der Waals surface area (Å²) in [6.45, 7) is -0.114. The van der Waals surface area contributed by atoms with E-state index in [9.17, 15) is 21.6 Å². The average molecular weight is 299 g/mol. The highest BCUT2D eigenvalue weighted by molar-refractivity contribution is 7.89. The van der Waals surface area contributed by atoms with Crippen molar-refractivity contribution >= 4 is 21.7 Å². The van der Waals surface area contributed by atoms with Gasteiger partial charge >= 0.3 is 6.18 Å². The van der Waals surface area contributed by atoms with E-state index >= 15 is 0 Å². The maximum absolute atomic E-state index is 12.4. The number of hydrogen-bond donors (Lipinski definition) is 3. The Hall–Kier alpha value is -1.62. The molecule has 0 aliphatic heterocycles. The zero-order chi connectivity index (χ0) is 14.7. The van der Waals surface area contributed by atoms with Crippen LogP contribution in [0.1, 0.15) is 5.82 Å². The smallest absolute Gasteiger partial charge is 0.384 e. The van der Waals surface area contributed by atoms with Crippen molar-refractivity contribution in [3.63, 3.8) is 0 Å². The summed E-state index contributed by atoms with van der Waals surface area (Å²) in [6, 6.07) is 1.08. The van der Waals surface area contributed by atoms with E-state index < -0.39 is 22.0 Å². The molecule has 1 heterocycles. The van der Waals surface area contributed by atoms with Crippen LogP contribution in [0.4, 0.5) is 24.8 Å². The van der Waals surface area contributed by atoms with Crippen LogP contribution in [0.5, 0.6) is 0 Å². The van der Waals surface area contributed by atoms with Crippen LogP contribution >= 0.6 is 0 Å². The molecule has 1 aromatic rings. The Balaban J connectivity index is 2.77. The lowest BCUT2D eigenvalue weighted by Crippen LogP contribution is -2.26. The molecule has 19 heavy (non-hydrogen) atoms. The van der Waals surface area contributed by atoms with E-state index in [0.29, 0.717) is 0 Å². The van der Waals surface area contributed by atoms with Gasteiger partial charge in [-0.25, -0.2) is 23.1 Å². The predicted molar refractivity (Wildman–Crippen MR) is 62.8 cm³/mol. The molecule has 1 rings (SSSR count). The molecule has 0 aromatic carbocycles. The van der Waals surface area contributed by atoms with Gasteiger partial charge in [-0.05, 0) is 7.05 Å². The van der Waals surface area contributed by atoms with Gasteiger partial charge in [0.05, 0.1) is 5.75 Å². The first kappa shape index (κ1) is 15.4. The highest BCUT2D eigenvalue weighted by Crippen LogP contribution is 2.27. The van der Waals surface area contributed by atoms with E-state index in [-0.39, 0.29) is 23.9 Å². The molecule has 0 aliphatic carbocycles. The highest BCUT2D eigenvalue weighted by Gasteiger charge is 2.35. The Morgan fingerprint density at radius 2 is 2.00 bits per heavy atom. The molecule has 4 N–H and O–H groups in total. The molecule has 0 aliphatic rings. The topological polar surface area (TPSA) is 110 Å². The lowest BCUT2D eigenvalue weighted by molar-refractivity contribution is -0.144. The summed E-state index contributed by atoms with van der Waals surface area (Å²) in [7, 11) is -2.21. The van der Waals surface area contributed by atoms with E-state index in [2.05, 4.69) is 20.0 Å². The molecular weight excluding hydrogens is 287 g/mol. The number of nitrogens with one attached hydrogen (secondary N) is 2. The number of alkyl halides is 3. The Morgan fingerprint density at radius 3 is 2.53 bits per heavy atom. The average Bonchev–Trinajstić information content (AvgIpc) is 2.27. The molecule has 1 aromatic heterocycles. The normalized spacial score (nSPS) is 12.4. The first-order chi connectivity index (χ1) is 8.64. The fourth-order valence-corrected chi connectivity index (χ4v) is 1.67. The predicted octanol–water partition coefficient (Wildman–Crippen LogP) is 0.0387. The monoisotopic (exact) mass is 299 g/mol. The third-order valence-electron chi connectivity index (χ3n) is 1.99. The van der Waals surface area contributed by atoms with Crippen molar-refractivity contribution in [3.05, 3.63) is 11.9 Å². The minimum atomic E-state index is -4.72. The van der Waals surface area contributed by atoms with Crippen molar-refractivity contribution < 1.29 is 21.6 Å². The maximum Gasteiger partial charge on any atom is 0.451 e. The maximum atomic E-state index is 12.4. The standard InChI is InChI=1S/C8H12F3N5O2S/c1-13-19(17,18)3-2-14-6-4-5(12)15-7(16-6)8(9,10)11/h4,13H,2-3H2,1H3,(H3,12,14,15,16). The van der Waals surface area contributed by atoms with E-state index in [1.807, 2.05) is 0 Å². The number of halogens is 3. The number of nitrogens with zero attached hydrogens (tertiary/aromatic N) is 2. The number of rotatable bonds is 5. The van der Waals surface area contributed by atoms with Gasteiger partial charge in [-0.3, -0.25) is 0 Å². The molecule has 0 spiro atoms. The van der Waals surface area contributed by atoms with Crippen molar-refractivity contribution in [2.24, 2.45) is 0 Å². The third kappa shape index (κ3) is 4.87. The van der Waals surface area contributed by atoms with Crippen LogP contribution in [0.25, 0.3) is 0 Å².